The van der Waals surface area contributed by atoms with Gasteiger partial charge in [0.15, 0.2) is 6.61 Å². The number of carbonyl (C=O) groups is 2. The summed E-state index contributed by atoms with van der Waals surface area (Å²) in [5.74, 6) is 0.857. The molecular weight excluding hydrogens is 454 g/mol. The number of para-hydroxylation sites is 2. The average molecular weight is 480 g/mol. The second kappa shape index (κ2) is 10.2. The lowest BCUT2D eigenvalue weighted by atomic mass is 10.0. The molecule has 1 aliphatic heterocycles. The minimum absolute atomic E-state index is 0.118. The molecule has 1 aliphatic rings. The summed E-state index contributed by atoms with van der Waals surface area (Å²) in [6, 6.07) is 31.4. The van der Waals surface area contributed by atoms with Gasteiger partial charge >= 0.3 is 0 Å². The van der Waals surface area contributed by atoms with E-state index in [2.05, 4.69) is 10.6 Å². The first kappa shape index (κ1) is 23.0. The van der Waals surface area contributed by atoms with Gasteiger partial charge in [0.2, 0.25) is 0 Å². The summed E-state index contributed by atoms with van der Waals surface area (Å²) in [7, 11) is 1.60. The van der Waals surface area contributed by atoms with Crippen LogP contribution in [-0.2, 0) is 4.79 Å². The van der Waals surface area contributed by atoms with Gasteiger partial charge in [-0.3, -0.25) is 14.5 Å². The van der Waals surface area contributed by atoms with Gasteiger partial charge in [-0.05, 0) is 66.2 Å². The molecule has 4 aromatic carbocycles. The van der Waals surface area contributed by atoms with Crippen LogP contribution in [0.2, 0.25) is 0 Å². The molecule has 1 atom stereocenters. The summed E-state index contributed by atoms with van der Waals surface area (Å²) < 4.78 is 11.1. The van der Waals surface area contributed by atoms with Gasteiger partial charge in [-0.25, -0.2) is 0 Å². The van der Waals surface area contributed by atoms with Crippen LogP contribution >= 0.6 is 0 Å². The Hall–Kier alpha value is -4.78. The minimum atomic E-state index is -0.484. The number of nitrogens with one attached hydrogen (secondary N) is 2. The van der Waals surface area contributed by atoms with Gasteiger partial charge in [-0.2, -0.15) is 0 Å². The third-order valence-corrected chi connectivity index (χ3v) is 5.88. The third kappa shape index (κ3) is 4.86. The molecule has 0 bridgehead atoms. The lowest BCUT2D eigenvalue weighted by Gasteiger charge is -2.38. The Labute approximate surface area is 209 Å². The van der Waals surface area contributed by atoms with Gasteiger partial charge in [0.1, 0.15) is 17.7 Å². The molecule has 2 amide bonds. The number of amides is 2. The van der Waals surface area contributed by atoms with E-state index < -0.39 is 6.17 Å². The number of anilines is 3. The van der Waals surface area contributed by atoms with Gasteiger partial charge < -0.3 is 20.1 Å². The van der Waals surface area contributed by atoms with Crippen molar-refractivity contribution in [3.8, 4) is 11.5 Å². The summed E-state index contributed by atoms with van der Waals surface area (Å²) in [5, 5.41) is 6.29. The zero-order chi connectivity index (χ0) is 24.9. The highest BCUT2D eigenvalue weighted by atomic mass is 16.5. The number of methoxy groups -OCH3 is 1. The van der Waals surface area contributed by atoms with E-state index in [1.165, 1.54) is 0 Å². The Morgan fingerprint density at radius 1 is 0.889 bits per heavy atom. The van der Waals surface area contributed by atoms with Crippen molar-refractivity contribution in [3.05, 3.63) is 114 Å². The van der Waals surface area contributed by atoms with Crippen molar-refractivity contribution in [1.82, 2.24) is 0 Å². The van der Waals surface area contributed by atoms with Crippen molar-refractivity contribution in [2.24, 2.45) is 0 Å². The maximum atomic E-state index is 13.6. The standard InChI is InChI=1S/C29H25N3O4/c1-35-23-16-14-22(15-17-23)32-28(31-26-13-6-5-12-25(26)29(32)34)20-8-7-11-24(18-20)36-19-27(33)30-21-9-3-2-4-10-21/h2-18,28,31H,19H2,1H3,(H,30,33). The zero-order valence-electron chi connectivity index (χ0n) is 19.7. The fourth-order valence-corrected chi connectivity index (χ4v) is 4.14. The first-order chi connectivity index (χ1) is 17.6. The highest BCUT2D eigenvalue weighted by molar-refractivity contribution is 6.12. The Balaban J connectivity index is 1.40. The van der Waals surface area contributed by atoms with Crippen LogP contribution in [0.15, 0.2) is 103 Å². The van der Waals surface area contributed by atoms with Gasteiger partial charge in [0.05, 0.1) is 12.7 Å². The monoisotopic (exact) mass is 479 g/mol. The summed E-state index contributed by atoms with van der Waals surface area (Å²) in [6.07, 6.45) is -0.484. The molecule has 7 nitrogen and oxygen atoms in total. The molecule has 0 saturated heterocycles. The quantitative estimate of drug-likeness (QED) is 0.367. The predicted octanol–water partition coefficient (Wildman–Crippen LogP) is 5.48. The second-order valence-electron chi connectivity index (χ2n) is 8.24. The Kier molecular flexibility index (Phi) is 6.53. The summed E-state index contributed by atoms with van der Waals surface area (Å²) in [4.78, 5) is 27.6. The molecule has 180 valence electrons. The van der Waals surface area contributed by atoms with Crippen molar-refractivity contribution >= 4 is 28.9 Å². The van der Waals surface area contributed by atoms with Crippen LogP contribution in [0.5, 0.6) is 11.5 Å². The number of hydrogen-bond acceptors (Lipinski definition) is 5. The lowest BCUT2D eigenvalue weighted by molar-refractivity contribution is -0.118. The number of fused-ring (bicyclic) bond motifs is 1. The van der Waals surface area contributed by atoms with Crippen LogP contribution in [0.1, 0.15) is 22.1 Å². The maximum absolute atomic E-state index is 13.6. The first-order valence-electron chi connectivity index (χ1n) is 11.5. The number of ether oxygens (including phenoxy) is 2. The Bertz CT molecular complexity index is 1370. The van der Waals surface area contributed by atoms with Crippen LogP contribution in [0.4, 0.5) is 17.1 Å². The Morgan fingerprint density at radius 3 is 2.42 bits per heavy atom. The van der Waals surface area contributed by atoms with Gasteiger partial charge in [0, 0.05) is 17.1 Å². The fraction of sp³-hybridized carbons (Fsp3) is 0.103. The third-order valence-electron chi connectivity index (χ3n) is 5.88. The van der Waals surface area contributed by atoms with Crippen molar-refractivity contribution in [1.29, 1.82) is 0 Å². The second-order valence-corrected chi connectivity index (χ2v) is 8.24. The van der Waals surface area contributed by atoms with Gasteiger partial charge in [-0.1, -0.05) is 42.5 Å². The maximum Gasteiger partial charge on any atom is 0.262 e. The molecule has 0 fully saturated rings. The molecule has 2 N–H and O–H groups in total. The molecule has 0 saturated carbocycles. The SMILES string of the molecule is COc1ccc(N2C(=O)c3ccccc3NC2c2cccc(OCC(=O)Nc3ccccc3)c2)cc1. The fourth-order valence-electron chi connectivity index (χ4n) is 4.14. The van der Waals surface area contributed by atoms with Gasteiger partial charge in [-0.15, -0.1) is 0 Å². The number of benzene rings is 4. The predicted molar refractivity (Wildman–Crippen MR) is 140 cm³/mol. The molecule has 1 heterocycles. The molecule has 0 aliphatic carbocycles. The molecule has 7 heteroatoms. The van der Waals surface area contributed by atoms with Crippen molar-refractivity contribution in [3.63, 3.8) is 0 Å². The van der Waals surface area contributed by atoms with Crippen LogP contribution < -0.4 is 25.0 Å². The van der Waals surface area contributed by atoms with E-state index in [-0.39, 0.29) is 18.4 Å². The van der Waals surface area contributed by atoms with E-state index in [0.29, 0.717) is 22.7 Å². The molecule has 5 rings (SSSR count). The highest BCUT2D eigenvalue weighted by Gasteiger charge is 2.34. The molecule has 36 heavy (non-hydrogen) atoms. The smallest absolute Gasteiger partial charge is 0.262 e. The van der Waals surface area contributed by atoms with Gasteiger partial charge in [0.25, 0.3) is 11.8 Å². The first-order valence-corrected chi connectivity index (χ1v) is 11.5. The molecule has 4 aromatic rings. The molecule has 1 unspecified atom stereocenters. The van der Waals surface area contributed by atoms with Crippen molar-refractivity contribution in [2.75, 3.05) is 29.3 Å². The topological polar surface area (TPSA) is 79.9 Å². The van der Waals surface area contributed by atoms with E-state index in [4.69, 9.17) is 9.47 Å². The number of rotatable bonds is 7. The molecule has 0 aromatic heterocycles. The molecule has 0 spiro atoms. The van der Waals surface area contributed by atoms with E-state index in [9.17, 15) is 9.59 Å². The number of nitrogens with zero attached hydrogens (tertiary/aromatic N) is 1. The highest BCUT2D eigenvalue weighted by Crippen LogP contribution is 2.37. The summed E-state index contributed by atoms with van der Waals surface area (Å²) in [6.45, 7) is -0.138. The zero-order valence-corrected chi connectivity index (χ0v) is 19.7. The Morgan fingerprint density at radius 2 is 1.64 bits per heavy atom. The van der Waals surface area contributed by atoms with Crippen molar-refractivity contribution < 1.29 is 19.1 Å². The summed E-state index contributed by atoms with van der Waals surface area (Å²) in [5.41, 5.74) is 3.59. The van der Waals surface area contributed by atoms with Crippen LogP contribution in [0.25, 0.3) is 0 Å². The number of hydrogen-bond donors (Lipinski definition) is 2. The van der Waals surface area contributed by atoms with E-state index in [1.807, 2.05) is 97.1 Å². The largest absolute Gasteiger partial charge is 0.497 e. The number of carbonyl (C=O) groups excluding carboxylic acids is 2. The average Bonchev–Trinajstić information content (AvgIpc) is 2.93. The van der Waals surface area contributed by atoms with E-state index in [0.717, 1.165) is 16.9 Å². The lowest BCUT2D eigenvalue weighted by Crippen LogP contribution is -2.43. The van der Waals surface area contributed by atoms with Crippen LogP contribution in [-0.4, -0.2) is 25.5 Å². The van der Waals surface area contributed by atoms with Crippen LogP contribution in [0, 0.1) is 0 Å². The normalized spacial score (nSPS) is 14.4. The molecule has 0 radical (unpaired) electrons. The van der Waals surface area contributed by atoms with Crippen LogP contribution in [0.3, 0.4) is 0 Å². The van der Waals surface area contributed by atoms with E-state index >= 15 is 0 Å². The van der Waals surface area contributed by atoms with E-state index in [1.54, 1.807) is 18.1 Å². The van der Waals surface area contributed by atoms with Crippen molar-refractivity contribution in [2.45, 2.75) is 6.17 Å². The summed E-state index contributed by atoms with van der Waals surface area (Å²) >= 11 is 0. The molecular formula is C29H25N3O4. The minimum Gasteiger partial charge on any atom is -0.497 e.